The number of rotatable bonds is 7. The van der Waals surface area contributed by atoms with Crippen molar-refractivity contribution >= 4 is 11.6 Å². The maximum atomic E-state index is 11.2. The highest BCUT2D eigenvalue weighted by Crippen LogP contribution is 2.19. The van der Waals surface area contributed by atoms with Crippen molar-refractivity contribution < 1.29 is 4.79 Å². The zero-order chi connectivity index (χ0) is 14.4. The molecule has 3 heteroatoms. The first kappa shape index (κ1) is 15.5. The molecule has 3 N–H and O–H groups in total. The highest BCUT2D eigenvalue weighted by atomic mass is 16.1. The molecule has 0 heterocycles. The van der Waals surface area contributed by atoms with E-state index in [9.17, 15) is 4.79 Å². The Hall–Kier alpha value is -1.51. The number of hydrogen-bond donors (Lipinski definition) is 2. The van der Waals surface area contributed by atoms with Crippen LogP contribution in [-0.4, -0.2) is 11.9 Å². The molecule has 19 heavy (non-hydrogen) atoms. The second kappa shape index (κ2) is 7.17. The fourth-order valence-electron chi connectivity index (χ4n) is 2.35. The second-order valence-corrected chi connectivity index (χ2v) is 6.05. The van der Waals surface area contributed by atoms with Crippen LogP contribution < -0.4 is 11.1 Å². The van der Waals surface area contributed by atoms with E-state index >= 15 is 0 Å². The third-order valence-corrected chi connectivity index (χ3v) is 3.03. The van der Waals surface area contributed by atoms with E-state index in [1.807, 2.05) is 18.2 Å². The molecule has 0 fully saturated rings. The Labute approximate surface area is 116 Å². The molecule has 0 spiro atoms. The van der Waals surface area contributed by atoms with Crippen molar-refractivity contribution in [1.29, 1.82) is 0 Å². The van der Waals surface area contributed by atoms with Crippen LogP contribution in [-0.2, 0) is 0 Å². The maximum Gasteiger partial charge on any atom is 0.248 e. The third-order valence-electron chi connectivity index (χ3n) is 3.03. The van der Waals surface area contributed by atoms with Crippen molar-refractivity contribution in [2.45, 2.75) is 46.6 Å². The average Bonchev–Trinajstić information content (AvgIpc) is 2.27. The van der Waals surface area contributed by atoms with E-state index in [4.69, 9.17) is 5.73 Å². The summed E-state index contributed by atoms with van der Waals surface area (Å²) in [7, 11) is 0. The minimum Gasteiger partial charge on any atom is -0.382 e. The molecule has 1 aromatic rings. The lowest BCUT2D eigenvalue weighted by Gasteiger charge is -2.23. The molecule has 0 saturated carbocycles. The van der Waals surface area contributed by atoms with Gasteiger partial charge < -0.3 is 11.1 Å². The molecular weight excluding hydrogens is 236 g/mol. The first-order valence-corrected chi connectivity index (χ1v) is 7.05. The zero-order valence-electron chi connectivity index (χ0n) is 12.4. The molecule has 106 valence electrons. The first-order chi connectivity index (χ1) is 8.88. The molecular formula is C16H26N2O. The Kier molecular flexibility index (Phi) is 5.87. The van der Waals surface area contributed by atoms with E-state index in [1.54, 1.807) is 6.07 Å². The summed E-state index contributed by atoms with van der Waals surface area (Å²) in [4.78, 5) is 11.2. The molecule has 0 radical (unpaired) electrons. The molecule has 1 aromatic carbocycles. The summed E-state index contributed by atoms with van der Waals surface area (Å²) < 4.78 is 0. The Bertz CT molecular complexity index is 403. The molecule has 0 aromatic heterocycles. The van der Waals surface area contributed by atoms with Gasteiger partial charge in [-0.05, 0) is 42.9 Å². The summed E-state index contributed by atoms with van der Waals surface area (Å²) in [5.74, 6) is 0.916. The minimum absolute atomic E-state index is 0.382. The second-order valence-electron chi connectivity index (χ2n) is 6.05. The average molecular weight is 262 g/mol. The van der Waals surface area contributed by atoms with E-state index in [0.29, 0.717) is 23.4 Å². The van der Waals surface area contributed by atoms with Gasteiger partial charge in [0.05, 0.1) is 0 Å². The van der Waals surface area contributed by atoms with E-state index in [2.05, 4.69) is 33.0 Å². The monoisotopic (exact) mass is 262 g/mol. The van der Waals surface area contributed by atoms with E-state index < -0.39 is 0 Å². The predicted octanol–water partition coefficient (Wildman–Crippen LogP) is 3.66. The van der Waals surface area contributed by atoms with Crippen molar-refractivity contribution in [3.8, 4) is 0 Å². The van der Waals surface area contributed by atoms with Crippen molar-refractivity contribution in [3.05, 3.63) is 29.8 Å². The third kappa shape index (κ3) is 5.77. The molecule has 0 aliphatic carbocycles. The molecule has 0 aliphatic rings. The summed E-state index contributed by atoms with van der Waals surface area (Å²) in [5.41, 5.74) is 6.84. The smallest absolute Gasteiger partial charge is 0.248 e. The van der Waals surface area contributed by atoms with Crippen LogP contribution in [0.2, 0.25) is 0 Å². The topological polar surface area (TPSA) is 55.1 Å². The van der Waals surface area contributed by atoms with Crippen LogP contribution in [0.4, 0.5) is 5.69 Å². The van der Waals surface area contributed by atoms with Gasteiger partial charge in [0.15, 0.2) is 0 Å². The summed E-state index contributed by atoms with van der Waals surface area (Å²) >= 11 is 0. The summed E-state index contributed by atoms with van der Waals surface area (Å²) in [5, 5.41) is 3.53. The van der Waals surface area contributed by atoms with Crippen LogP contribution in [0.5, 0.6) is 0 Å². The Morgan fingerprint density at radius 1 is 1.16 bits per heavy atom. The molecule has 3 nitrogen and oxygen atoms in total. The standard InChI is InChI=1S/C16H26N2O/c1-11(2)8-15(9-12(3)4)18-14-7-5-6-13(10-14)16(17)19/h5-7,10-12,15,18H,8-9H2,1-4H3,(H2,17,19). The van der Waals surface area contributed by atoms with Crippen molar-refractivity contribution in [1.82, 2.24) is 0 Å². The van der Waals surface area contributed by atoms with Crippen LogP contribution in [0.15, 0.2) is 24.3 Å². The quantitative estimate of drug-likeness (QED) is 0.788. The van der Waals surface area contributed by atoms with Gasteiger partial charge in [-0.15, -0.1) is 0 Å². The number of nitrogens with two attached hydrogens (primary N) is 1. The predicted molar refractivity (Wildman–Crippen MR) is 81.3 cm³/mol. The zero-order valence-corrected chi connectivity index (χ0v) is 12.4. The number of carbonyl (C=O) groups is 1. The lowest BCUT2D eigenvalue weighted by atomic mass is 9.95. The van der Waals surface area contributed by atoms with Crippen molar-refractivity contribution in [2.24, 2.45) is 17.6 Å². The van der Waals surface area contributed by atoms with Crippen LogP contribution in [0.1, 0.15) is 50.9 Å². The molecule has 1 amide bonds. The van der Waals surface area contributed by atoms with Gasteiger partial charge in [-0.3, -0.25) is 4.79 Å². The van der Waals surface area contributed by atoms with Crippen molar-refractivity contribution in [2.75, 3.05) is 5.32 Å². The molecule has 1 rings (SSSR count). The number of nitrogens with one attached hydrogen (secondary N) is 1. The highest BCUT2D eigenvalue weighted by molar-refractivity contribution is 5.93. The van der Waals surface area contributed by atoms with Crippen LogP contribution >= 0.6 is 0 Å². The van der Waals surface area contributed by atoms with Gasteiger partial charge in [0.2, 0.25) is 5.91 Å². The van der Waals surface area contributed by atoms with Crippen LogP contribution in [0.3, 0.4) is 0 Å². The molecule has 0 unspecified atom stereocenters. The fourth-order valence-corrected chi connectivity index (χ4v) is 2.35. The lowest BCUT2D eigenvalue weighted by Crippen LogP contribution is -2.24. The molecule has 0 aliphatic heterocycles. The van der Waals surface area contributed by atoms with Gasteiger partial charge in [-0.2, -0.15) is 0 Å². The van der Waals surface area contributed by atoms with Crippen LogP contribution in [0.25, 0.3) is 0 Å². The van der Waals surface area contributed by atoms with Gasteiger partial charge in [0.1, 0.15) is 0 Å². The van der Waals surface area contributed by atoms with Gasteiger partial charge in [-0.1, -0.05) is 33.8 Å². The molecule has 0 saturated heterocycles. The largest absolute Gasteiger partial charge is 0.382 e. The SMILES string of the molecule is CC(C)CC(CC(C)C)Nc1cccc(C(N)=O)c1. The van der Waals surface area contributed by atoms with Gasteiger partial charge in [-0.25, -0.2) is 0 Å². The van der Waals surface area contributed by atoms with E-state index in [-0.39, 0.29) is 5.91 Å². The number of amides is 1. The summed E-state index contributed by atoms with van der Waals surface area (Å²) in [6, 6.07) is 7.86. The molecule has 0 bridgehead atoms. The highest BCUT2D eigenvalue weighted by Gasteiger charge is 2.13. The number of anilines is 1. The Morgan fingerprint density at radius 2 is 1.74 bits per heavy atom. The lowest BCUT2D eigenvalue weighted by molar-refractivity contribution is 0.100. The number of primary amides is 1. The number of hydrogen-bond acceptors (Lipinski definition) is 2. The first-order valence-electron chi connectivity index (χ1n) is 7.05. The minimum atomic E-state index is -0.382. The van der Waals surface area contributed by atoms with Crippen molar-refractivity contribution in [3.63, 3.8) is 0 Å². The fraction of sp³-hybridized carbons (Fsp3) is 0.562. The Balaban J connectivity index is 2.77. The van der Waals surface area contributed by atoms with E-state index in [1.165, 1.54) is 0 Å². The summed E-state index contributed by atoms with van der Waals surface area (Å²) in [6.45, 7) is 8.92. The maximum absolute atomic E-state index is 11.2. The normalized spacial score (nSPS) is 11.3. The van der Waals surface area contributed by atoms with Crippen LogP contribution in [0, 0.1) is 11.8 Å². The van der Waals surface area contributed by atoms with Gasteiger partial charge in [0, 0.05) is 17.3 Å². The Morgan fingerprint density at radius 3 is 2.21 bits per heavy atom. The summed E-state index contributed by atoms with van der Waals surface area (Å²) in [6.07, 6.45) is 2.25. The van der Waals surface area contributed by atoms with E-state index in [0.717, 1.165) is 18.5 Å². The number of benzene rings is 1. The van der Waals surface area contributed by atoms with Gasteiger partial charge >= 0.3 is 0 Å². The van der Waals surface area contributed by atoms with Gasteiger partial charge in [0.25, 0.3) is 0 Å². The number of carbonyl (C=O) groups excluding carboxylic acids is 1. The molecule has 0 atom stereocenters.